The molecule has 2 aromatic heterocycles. The maximum Gasteiger partial charge on any atom is 0.338 e. The van der Waals surface area contributed by atoms with Crippen molar-refractivity contribution >= 4 is 29.3 Å². The van der Waals surface area contributed by atoms with Gasteiger partial charge < -0.3 is 14.8 Å². The Balaban J connectivity index is 1.50. The van der Waals surface area contributed by atoms with Gasteiger partial charge in [0.05, 0.1) is 25.0 Å². The normalized spacial score (nSPS) is 10.6. The van der Waals surface area contributed by atoms with Gasteiger partial charge in [0.25, 0.3) is 0 Å². The maximum atomic E-state index is 12.6. The van der Waals surface area contributed by atoms with E-state index in [9.17, 15) is 9.59 Å². The van der Waals surface area contributed by atoms with Crippen LogP contribution in [0.3, 0.4) is 0 Å². The van der Waals surface area contributed by atoms with Crippen molar-refractivity contribution in [3.63, 3.8) is 0 Å². The van der Waals surface area contributed by atoms with E-state index in [0.717, 1.165) is 17.0 Å². The lowest BCUT2D eigenvalue weighted by Crippen LogP contribution is -2.15. The predicted octanol–water partition coefficient (Wildman–Crippen LogP) is 4.25. The zero-order chi connectivity index (χ0) is 24.6. The largest absolute Gasteiger partial charge is 0.497 e. The minimum Gasteiger partial charge on any atom is -0.497 e. The van der Waals surface area contributed by atoms with Crippen molar-refractivity contribution in [2.24, 2.45) is 0 Å². The van der Waals surface area contributed by atoms with Crippen LogP contribution in [0.25, 0.3) is 17.1 Å². The number of methoxy groups -OCH3 is 1. The Morgan fingerprint density at radius 1 is 1.03 bits per heavy atom. The zero-order valence-electron chi connectivity index (χ0n) is 19.2. The van der Waals surface area contributed by atoms with Crippen molar-refractivity contribution < 1.29 is 19.1 Å². The second-order valence-corrected chi connectivity index (χ2v) is 8.16. The molecule has 0 aliphatic rings. The summed E-state index contributed by atoms with van der Waals surface area (Å²) in [6, 6.07) is 17.8. The third-order valence-corrected chi connectivity index (χ3v) is 5.82. The molecular formula is C25H23N5O4S. The molecule has 0 fully saturated rings. The summed E-state index contributed by atoms with van der Waals surface area (Å²) in [5.74, 6) is 0.836. The molecule has 0 aliphatic heterocycles. The smallest absolute Gasteiger partial charge is 0.338 e. The third-order valence-electron chi connectivity index (χ3n) is 4.90. The lowest BCUT2D eigenvalue weighted by atomic mass is 10.2. The fraction of sp³-hybridized carbons (Fsp3) is 0.160. The van der Waals surface area contributed by atoms with Crippen LogP contribution in [-0.2, 0) is 9.53 Å². The van der Waals surface area contributed by atoms with Crippen LogP contribution in [0.15, 0.2) is 78.2 Å². The van der Waals surface area contributed by atoms with E-state index in [0.29, 0.717) is 28.8 Å². The number of carbonyl (C=O) groups excluding carboxylic acids is 2. The fourth-order valence-corrected chi connectivity index (χ4v) is 3.99. The van der Waals surface area contributed by atoms with Crippen LogP contribution >= 0.6 is 11.8 Å². The van der Waals surface area contributed by atoms with E-state index in [-0.39, 0.29) is 11.7 Å². The van der Waals surface area contributed by atoms with Crippen molar-refractivity contribution in [1.29, 1.82) is 0 Å². The molecule has 35 heavy (non-hydrogen) atoms. The highest BCUT2D eigenvalue weighted by Gasteiger charge is 2.18. The van der Waals surface area contributed by atoms with Gasteiger partial charge >= 0.3 is 5.97 Å². The molecule has 0 radical (unpaired) electrons. The molecule has 0 saturated heterocycles. The van der Waals surface area contributed by atoms with Gasteiger partial charge in [-0.1, -0.05) is 11.8 Å². The second-order valence-electron chi connectivity index (χ2n) is 7.22. The van der Waals surface area contributed by atoms with E-state index in [1.807, 2.05) is 41.0 Å². The van der Waals surface area contributed by atoms with Crippen LogP contribution < -0.4 is 10.1 Å². The summed E-state index contributed by atoms with van der Waals surface area (Å²) >= 11 is 1.26. The number of hydrogen-bond acceptors (Lipinski definition) is 8. The predicted molar refractivity (Wildman–Crippen MR) is 133 cm³/mol. The van der Waals surface area contributed by atoms with Gasteiger partial charge in [0.1, 0.15) is 5.75 Å². The Hall–Kier alpha value is -4.18. The number of carbonyl (C=O) groups is 2. The summed E-state index contributed by atoms with van der Waals surface area (Å²) in [7, 11) is 1.61. The third kappa shape index (κ3) is 5.85. The van der Waals surface area contributed by atoms with Gasteiger partial charge in [-0.3, -0.25) is 14.3 Å². The quantitative estimate of drug-likeness (QED) is 0.275. The van der Waals surface area contributed by atoms with Crippen molar-refractivity contribution in [3.05, 3.63) is 78.6 Å². The van der Waals surface area contributed by atoms with Gasteiger partial charge in [-0.15, -0.1) is 10.2 Å². The molecule has 9 nitrogen and oxygen atoms in total. The molecule has 4 aromatic rings. The number of thioether (sulfide) groups is 1. The highest BCUT2D eigenvalue weighted by Crippen LogP contribution is 2.28. The van der Waals surface area contributed by atoms with Gasteiger partial charge in [-0.25, -0.2) is 4.79 Å². The molecular weight excluding hydrogens is 466 g/mol. The lowest BCUT2D eigenvalue weighted by molar-refractivity contribution is -0.113. The van der Waals surface area contributed by atoms with E-state index in [2.05, 4.69) is 20.5 Å². The Bertz CT molecular complexity index is 1290. The number of nitrogens with one attached hydrogen (secondary N) is 1. The molecule has 2 aromatic carbocycles. The van der Waals surface area contributed by atoms with Gasteiger partial charge in [0.15, 0.2) is 11.0 Å². The van der Waals surface area contributed by atoms with Gasteiger partial charge in [0, 0.05) is 29.3 Å². The summed E-state index contributed by atoms with van der Waals surface area (Å²) < 4.78 is 12.1. The molecule has 2 heterocycles. The molecule has 0 unspecified atom stereocenters. The van der Waals surface area contributed by atoms with Gasteiger partial charge in [-0.2, -0.15) is 0 Å². The van der Waals surface area contributed by atoms with Crippen molar-refractivity contribution in [2.75, 3.05) is 24.8 Å². The SMILES string of the molecule is CCOC(=O)c1ccc(NC(=O)CSc2nnc(-c3cccnc3)n2-c2ccc(OC)cc2)cc1. The Morgan fingerprint density at radius 3 is 2.46 bits per heavy atom. The Kier molecular flexibility index (Phi) is 7.74. The average molecular weight is 490 g/mol. The summed E-state index contributed by atoms with van der Waals surface area (Å²) in [6.07, 6.45) is 3.40. The number of rotatable bonds is 9. The summed E-state index contributed by atoms with van der Waals surface area (Å²) in [6.45, 7) is 2.05. The minimum atomic E-state index is -0.400. The van der Waals surface area contributed by atoms with Gasteiger partial charge in [-0.05, 0) is 67.6 Å². The molecule has 0 bridgehead atoms. The molecule has 0 atom stereocenters. The number of ether oxygens (including phenoxy) is 2. The van der Waals surface area contributed by atoms with Crippen LogP contribution in [0.4, 0.5) is 5.69 Å². The van der Waals surface area contributed by atoms with Crippen LogP contribution in [0.1, 0.15) is 17.3 Å². The van der Waals surface area contributed by atoms with Crippen LogP contribution in [0, 0.1) is 0 Å². The summed E-state index contributed by atoms with van der Waals surface area (Å²) in [5.41, 5.74) is 2.63. The van der Waals surface area contributed by atoms with E-state index >= 15 is 0 Å². The highest BCUT2D eigenvalue weighted by molar-refractivity contribution is 7.99. The molecule has 0 aliphatic carbocycles. The number of esters is 1. The van der Waals surface area contributed by atoms with E-state index < -0.39 is 5.97 Å². The first kappa shape index (κ1) is 24.0. The molecule has 10 heteroatoms. The van der Waals surface area contributed by atoms with Crippen molar-refractivity contribution in [3.8, 4) is 22.8 Å². The standard InChI is InChI=1S/C25H23N5O4S/c1-3-34-24(32)17-6-8-19(9-7-17)27-22(31)16-35-25-29-28-23(18-5-4-14-26-15-18)30(25)20-10-12-21(33-2)13-11-20/h4-15H,3,16H2,1-2H3,(H,27,31). The lowest BCUT2D eigenvalue weighted by Gasteiger charge is -2.11. The average Bonchev–Trinajstić information content (AvgIpc) is 3.32. The monoisotopic (exact) mass is 489 g/mol. The summed E-state index contributed by atoms with van der Waals surface area (Å²) in [5, 5.41) is 12.1. The molecule has 0 spiro atoms. The number of hydrogen-bond donors (Lipinski definition) is 1. The Labute approximate surface area is 206 Å². The van der Waals surface area contributed by atoms with Gasteiger partial charge in [0.2, 0.25) is 5.91 Å². The Morgan fingerprint density at radius 2 is 1.80 bits per heavy atom. The van der Waals surface area contributed by atoms with Crippen LogP contribution in [0.2, 0.25) is 0 Å². The van der Waals surface area contributed by atoms with E-state index in [4.69, 9.17) is 9.47 Å². The van der Waals surface area contributed by atoms with Crippen molar-refractivity contribution in [1.82, 2.24) is 19.7 Å². The fourth-order valence-electron chi connectivity index (χ4n) is 3.24. The number of nitrogens with zero attached hydrogens (tertiary/aromatic N) is 4. The first-order valence-electron chi connectivity index (χ1n) is 10.8. The topological polar surface area (TPSA) is 108 Å². The van der Waals surface area contributed by atoms with Crippen molar-refractivity contribution in [2.45, 2.75) is 12.1 Å². The molecule has 1 N–H and O–H groups in total. The molecule has 4 rings (SSSR count). The number of anilines is 1. The first-order valence-corrected chi connectivity index (χ1v) is 11.8. The van der Waals surface area contributed by atoms with E-state index in [1.165, 1.54) is 11.8 Å². The second kappa shape index (κ2) is 11.3. The van der Waals surface area contributed by atoms with E-state index in [1.54, 1.807) is 50.7 Å². The first-order chi connectivity index (χ1) is 17.1. The molecule has 178 valence electrons. The number of aromatic nitrogens is 4. The number of amides is 1. The zero-order valence-corrected chi connectivity index (χ0v) is 20.0. The van der Waals surface area contributed by atoms with Crippen LogP contribution in [0.5, 0.6) is 5.75 Å². The summed E-state index contributed by atoms with van der Waals surface area (Å²) in [4.78, 5) is 28.6. The molecule has 0 saturated carbocycles. The maximum absolute atomic E-state index is 12.6. The number of pyridine rings is 1. The highest BCUT2D eigenvalue weighted by atomic mass is 32.2. The molecule has 1 amide bonds. The minimum absolute atomic E-state index is 0.112. The number of benzene rings is 2. The van der Waals surface area contributed by atoms with Crippen LogP contribution in [-0.4, -0.2) is 51.1 Å².